The topological polar surface area (TPSA) is 86.2 Å². The molecule has 30 heavy (non-hydrogen) atoms. The number of hydrogen-bond acceptors (Lipinski definition) is 8. The number of carbonyl (C=O) groups is 1. The molecule has 0 radical (unpaired) electrons. The van der Waals surface area contributed by atoms with Crippen LogP contribution in [0, 0.1) is 0 Å². The molecule has 0 unspecified atom stereocenters. The molecule has 0 aliphatic heterocycles. The lowest BCUT2D eigenvalue weighted by Crippen LogP contribution is -2.14. The van der Waals surface area contributed by atoms with Gasteiger partial charge in [0, 0.05) is 28.0 Å². The quantitative estimate of drug-likeness (QED) is 0.456. The number of nitrogens with zero attached hydrogens (tertiary/aromatic N) is 3. The minimum atomic E-state index is -0.185. The van der Waals surface area contributed by atoms with E-state index in [1.54, 1.807) is 14.2 Å². The van der Waals surface area contributed by atoms with Gasteiger partial charge in [-0.2, -0.15) is 9.36 Å². The van der Waals surface area contributed by atoms with E-state index in [2.05, 4.69) is 19.7 Å². The summed E-state index contributed by atoms with van der Waals surface area (Å²) in [4.78, 5) is 21.4. The minimum absolute atomic E-state index is 0.157. The second kappa shape index (κ2) is 9.02. The summed E-state index contributed by atoms with van der Waals surface area (Å²) in [5.41, 5.74) is 2.50. The van der Waals surface area contributed by atoms with E-state index in [-0.39, 0.29) is 12.3 Å². The minimum Gasteiger partial charge on any atom is -0.493 e. The molecule has 1 amide bonds. The normalized spacial score (nSPS) is 10.6. The van der Waals surface area contributed by atoms with Gasteiger partial charge in [0.15, 0.2) is 17.3 Å². The van der Waals surface area contributed by atoms with Crippen LogP contribution < -0.4 is 14.8 Å². The van der Waals surface area contributed by atoms with Crippen molar-refractivity contribution < 1.29 is 14.3 Å². The third kappa shape index (κ3) is 4.47. The predicted octanol–water partition coefficient (Wildman–Crippen LogP) is 4.53. The van der Waals surface area contributed by atoms with Crippen LogP contribution in [0.15, 0.2) is 53.9 Å². The maximum atomic E-state index is 12.4. The molecule has 0 aliphatic rings. The largest absolute Gasteiger partial charge is 0.493 e. The van der Waals surface area contributed by atoms with Crippen molar-refractivity contribution in [2.75, 3.05) is 19.5 Å². The van der Waals surface area contributed by atoms with Gasteiger partial charge >= 0.3 is 0 Å². The van der Waals surface area contributed by atoms with E-state index < -0.39 is 0 Å². The molecule has 0 saturated carbocycles. The lowest BCUT2D eigenvalue weighted by molar-refractivity contribution is -0.115. The lowest BCUT2D eigenvalue weighted by atomic mass is 10.2. The second-order valence-corrected chi connectivity index (χ2v) is 7.84. The van der Waals surface area contributed by atoms with Crippen molar-refractivity contribution in [1.29, 1.82) is 0 Å². The molecule has 1 N–H and O–H groups in total. The Hall–Kier alpha value is -3.30. The van der Waals surface area contributed by atoms with Crippen LogP contribution in [0.5, 0.6) is 11.5 Å². The number of amides is 1. The van der Waals surface area contributed by atoms with Gasteiger partial charge in [0.05, 0.1) is 26.3 Å². The van der Waals surface area contributed by atoms with Crippen LogP contribution in [-0.2, 0) is 11.2 Å². The number of methoxy groups -OCH3 is 2. The first-order chi connectivity index (χ1) is 14.7. The summed E-state index contributed by atoms with van der Waals surface area (Å²) in [6.45, 7) is 0. The number of rotatable bonds is 7. The van der Waals surface area contributed by atoms with Crippen molar-refractivity contribution in [3.05, 3.63) is 59.6 Å². The second-order valence-electron chi connectivity index (χ2n) is 6.23. The molecule has 2 aromatic carbocycles. The highest BCUT2D eigenvalue weighted by Crippen LogP contribution is 2.33. The number of thiazole rings is 1. The Morgan fingerprint density at radius 1 is 1.00 bits per heavy atom. The van der Waals surface area contributed by atoms with Crippen molar-refractivity contribution in [2.24, 2.45) is 0 Å². The molecule has 7 nitrogen and oxygen atoms in total. The molecule has 2 heterocycles. The van der Waals surface area contributed by atoms with Gasteiger partial charge in [0.1, 0.15) is 5.01 Å². The van der Waals surface area contributed by atoms with Crippen LogP contribution in [0.4, 0.5) is 5.13 Å². The average Bonchev–Trinajstić information content (AvgIpc) is 3.43. The number of ether oxygens (including phenoxy) is 2. The SMILES string of the molecule is COc1ccc(-c2nc(CC(=O)Nc3nc(-c4ccccc4)ns3)cs2)cc1OC. The summed E-state index contributed by atoms with van der Waals surface area (Å²) in [6.07, 6.45) is 0.157. The van der Waals surface area contributed by atoms with Crippen molar-refractivity contribution in [3.63, 3.8) is 0 Å². The fourth-order valence-electron chi connectivity index (χ4n) is 2.80. The Bertz CT molecular complexity index is 1160. The van der Waals surface area contributed by atoms with E-state index in [1.807, 2.05) is 53.9 Å². The van der Waals surface area contributed by atoms with Crippen LogP contribution >= 0.6 is 22.9 Å². The molecule has 2 aromatic heterocycles. The van der Waals surface area contributed by atoms with Crippen LogP contribution in [0.1, 0.15) is 5.69 Å². The molecule has 0 aliphatic carbocycles. The molecular formula is C21H18N4O3S2. The Labute approximate surface area is 181 Å². The number of anilines is 1. The zero-order chi connectivity index (χ0) is 20.9. The summed E-state index contributed by atoms with van der Waals surface area (Å²) in [6, 6.07) is 15.3. The first-order valence-corrected chi connectivity index (χ1v) is 10.7. The third-order valence-electron chi connectivity index (χ3n) is 4.23. The maximum absolute atomic E-state index is 12.4. The van der Waals surface area contributed by atoms with Crippen LogP contribution in [0.25, 0.3) is 22.0 Å². The van der Waals surface area contributed by atoms with Crippen LogP contribution in [-0.4, -0.2) is 34.5 Å². The summed E-state index contributed by atoms with van der Waals surface area (Å²) in [5.74, 6) is 1.70. The zero-order valence-electron chi connectivity index (χ0n) is 16.3. The average molecular weight is 439 g/mol. The van der Waals surface area contributed by atoms with E-state index in [1.165, 1.54) is 11.3 Å². The van der Waals surface area contributed by atoms with Gasteiger partial charge in [0.25, 0.3) is 0 Å². The molecule has 4 aromatic rings. The van der Waals surface area contributed by atoms with Gasteiger partial charge in [-0.05, 0) is 18.2 Å². The van der Waals surface area contributed by atoms with Crippen LogP contribution in [0.2, 0.25) is 0 Å². The molecular weight excluding hydrogens is 420 g/mol. The highest BCUT2D eigenvalue weighted by Gasteiger charge is 2.14. The summed E-state index contributed by atoms with van der Waals surface area (Å²) in [5, 5.41) is 5.95. The molecule has 0 bridgehead atoms. The van der Waals surface area contributed by atoms with E-state index in [0.29, 0.717) is 28.1 Å². The van der Waals surface area contributed by atoms with Gasteiger partial charge < -0.3 is 14.8 Å². The van der Waals surface area contributed by atoms with Gasteiger partial charge in [-0.15, -0.1) is 11.3 Å². The van der Waals surface area contributed by atoms with Gasteiger partial charge in [-0.3, -0.25) is 4.79 Å². The van der Waals surface area contributed by atoms with Crippen LogP contribution in [0.3, 0.4) is 0 Å². The molecule has 0 spiro atoms. The number of hydrogen-bond donors (Lipinski definition) is 1. The predicted molar refractivity (Wildman–Crippen MR) is 118 cm³/mol. The number of benzene rings is 2. The van der Waals surface area contributed by atoms with E-state index in [9.17, 15) is 4.79 Å². The van der Waals surface area contributed by atoms with E-state index in [4.69, 9.17) is 9.47 Å². The van der Waals surface area contributed by atoms with E-state index >= 15 is 0 Å². The van der Waals surface area contributed by atoms with Crippen molar-refractivity contribution in [1.82, 2.24) is 14.3 Å². The van der Waals surface area contributed by atoms with Crippen molar-refractivity contribution in [3.8, 4) is 33.5 Å². The summed E-state index contributed by atoms with van der Waals surface area (Å²) < 4.78 is 14.9. The standard InChI is InChI=1S/C21H18N4O3S2/c1-27-16-9-8-14(10-17(16)28-2)20-22-15(12-29-20)11-18(26)23-21-24-19(25-30-21)13-6-4-3-5-7-13/h3-10,12H,11H2,1-2H3,(H,23,24,25,26). The first kappa shape index (κ1) is 20.0. The molecule has 152 valence electrons. The molecule has 0 atom stereocenters. The number of aromatic nitrogens is 3. The van der Waals surface area contributed by atoms with Crippen molar-refractivity contribution >= 4 is 33.9 Å². The summed E-state index contributed by atoms with van der Waals surface area (Å²) in [7, 11) is 3.19. The Morgan fingerprint density at radius 2 is 1.80 bits per heavy atom. The Morgan fingerprint density at radius 3 is 2.57 bits per heavy atom. The Kier molecular flexibility index (Phi) is 6.01. The maximum Gasteiger partial charge on any atom is 0.232 e. The smallest absolute Gasteiger partial charge is 0.232 e. The molecule has 0 saturated heterocycles. The first-order valence-electron chi connectivity index (χ1n) is 9.02. The van der Waals surface area contributed by atoms with E-state index in [0.717, 1.165) is 27.7 Å². The Balaban J connectivity index is 1.42. The molecule has 0 fully saturated rings. The zero-order valence-corrected chi connectivity index (χ0v) is 17.9. The monoisotopic (exact) mass is 438 g/mol. The highest BCUT2D eigenvalue weighted by molar-refractivity contribution is 7.13. The molecule has 4 rings (SSSR count). The summed E-state index contributed by atoms with van der Waals surface area (Å²) >= 11 is 2.63. The lowest BCUT2D eigenvalue weighted by Gasteiger charge is -2.08. The van der Waals surface area contributed by atoms with Gasteiger partial charge in [-0.25, -0.2) is 4.98 Å². The fourth-order valence-corrected chi connectivity index (χ4v) is 4.22. The number of carbonyl (C=O) groups excluding carboxylic acids is 1. The van der Waals surface area contributed by atoms with Gasteiger partial charge in [-0.1, -0.05) is 30.3 Å². The number of nitrogens with one attached hydrogen (secondary N) is 1. The third-order valence-corrected chi connectivity index (χ3v) is 5.80. The van der Waals surface area contributed by atoms with Crippen molar-refractivity contribution in [2.45, 2.75) is 6.42 Å². The van der Waals surface area contributed by atoms with Gasteiger partial charge in [0.2, 0.25) is 11.0 Å². The molecule has 9 heteroatoms. The highest BCUT2D eigenvalue weighted by atomic mass is 32.1. The fraction of sp³-hybridized carbons (Fsp3) is 0.143.